The van der Waals surface area contributed by atoms with E-state index in [1.807, 2.05) is 12.1 Å². The van der Waals surface area contributed by atoms with Crippen LogP contribution in [0.15, 0.2) is 12.7 Å². The highest BCUT2D eigenvalue weighted by molar-refractivity contribution is 4.93. The van der Waals surface area contributed by atoms with E-state index in [9.17, 15) is 5.11 Å². The molecular weight excluding hydrogens is 448 g/mol. The van der Waals surface area contributed by atoms with Gasteiger partial charge in [0.25, 0.3) is 0 Å². The quantitative estimate of drug-likeness (QED) is 0.100. The van der Waals surface area contributed by atoms with Crippen molar-refractivity contribution < 1.29 is 39.7 Å². The van der Waals surface area contributed by atoms with Gasteiger partial charge in [0, 0.05) is 6.08 Å². The molecule has 12 heteroatoms. The van der Waals surface area contributed by atoms with E-state index >= 15 is 0 Å². The van der Waals surface area contributed by atoms with Crippen LogP contribution in [-0.4, -0.2) is 105 Å². The van der Waals surface area contributed by atoms with Crippen LogP contribution >= 0.6 is 0 Å². The zero-order valence-electron chi connectivity index (χ0n) is 19.4. The molecule has 0 spiro atoms. The van der Waals surface area contributed by atoms with Crippen molar-refractivity contribution in [2.45, 2.75) is 12.8 Å². The number of aliphatic hydroxyl groups is 5. The van der Waals surface area contributed by atoms with Gasteiger partial charge in [0.15, 0.2) is 0 Å². The van der Waals surface area contributed by atoms with Crippen molar-refractivity contribution >= 4 is 0 Å². The van der Waals surface area contributed by atoms with Crippen LogP contribution < -0.4 is 0 Å². The number of hydrogen-bond donors (Lipinski definition) is 5. The second-order valence-corrected chi connectivity index (χ2v) is 6.98. The molecule has 0 unspecified atom stereocenters. The summed E-state index contributed by atoms with van der Waals surface area (Å²) in [7, 11) is 0. The Morgan fingerprint density at radius 1 is 0.735 bits per heavy atom. The third kappa shape index (κ3) is 20.0. The van der Waals surface area contributed by atoms with E-state index < -0.39 is 37.3 Å². The number of allylic oxidation sites excluding steroid dienone is 1. The van der Waals surface area contributed by atoms with Crippen LogP contribution in [0.5, 0.6) is 0 Å². The van der Waals surface area contributed by atoms with Crippen molar-refractivity contribution in [1.29, 1.82) is 15.8 Å². The Hall–Kier alpha value is -2.62. The van der Waals surface area contributed by atoms with Crippen LogP contribution in [0.1, 0.15) is 12.8 Å². The van der Waals surface area contributed by atoms with Gasteiger partial charge in [-0.3, -0.25) is 0 Å². The van der Waals surface area contributed by atoms with Crippen molar-refractivity contribution in [1.82, 2.24) is 0 Å². The molecule has 12 nitrogen and oxygen atoms in total. The van der Waals surface area contributed by atoms with E-state index in [4.69, 9.17) is 57.0 Å². The Kier molecular flexibility index (Phi) is 28.2. The summed E-state index contributed by atoms with van der Waals surface area (Å²) < 4.78 is 16.1. The minimum Gasteiger partial charge on any atom is -0.396 e. The molecule has 192 valence electrons. The standard InChI is InChI=1S/C14H21N3O4.C5H12O4.C3H3N/c1-17-6-9-21-13-14(10-18,11-19-7-2-4-15)12-20-8-3-5-16;6-1-5(2-7,3-8)4-9;1-2-3-4/h18H,2-3,6-13H2;6-9H,1-4H2;2H,1H2. The van der Waals surface area contributed by atoms with Crippen molar-refractivity contribution in [3.8, 4) is 18.2 Å². The first-order valence-corrected chi connectivity index (χ1v) is 10.3. The molecule has 0 aliphatic rings. The zero-order valence-corrected chi connectivity index (χ0v) is 19.4. The van der Waals surface area contributed by atoms with Crippen LogP contribution in [0.2, 0.25) is 0 Å². The maximum Gasteiger partial charge on any atom is 0.237 e. The third-order valence-corrected chi connectivity index (χ3v) is 4.06. The maximum atomic E-state index is 9.62. The van der Waals surface area contributed by atoms with Gasteiger partial charge in [-0.05, 0) is 0 Å². The molecule has 0 fully saturated rings. The normalized spacial score (nSPS) is 10.1. The van der Waals surface area contributed by atoms with Crippen LogP contribution in [0.3, 0.4) is 0 Å². The van der Waals surface area contributed by atoms with E-state index in [1.54, 1.807) is 6.07 Å². The predicted molar refractivity (Wildman–Crippen MR) is 120 cm³/mol. The molecule has 0 aliphatic carbocycles. The number of hydrogen-bond acceptors (Lipinski definition) is 11. The van der Waals surface area contributed by atoms with Gasteiger partial charge >= 0.3 is 0 Å². The fourth-order valence-corrected chi connectivity index (χ4v) is 1.77. The minimum absolute atomic E-state index is 0.190. The second-order valence-electron chi connectivity index (χ2n) is 6.98. The summed E-state index contributed by atoms with van der Waals surface area (Å²) >= 11 is 0. The van der Waals surface area contributed by atoms with Gasteiger partial charge in [0.1, 0.15) is 6.61 Å². The highest BCUT2D eigenvalue weighted by Gasteiger charge is 2.31. The first-order chi connectivity index (χ1) is 16.4. The number of nitriles is 3. The molecule has 0 amide bonds. The van der Waals surface area contributed by atoms with Crippen molar-refractivity contribution in [3.63, 3.8) is 0 Å². The third-order valence-electron chi connectivity index (χ3n) is 4.06. The summed E-state index contributed by atoms with van der Waals surface area (Å²) in [5.74, 6) is 0. The van der Waals surface area contributed by atoms with E-state index in [1.165, 1.54) is 6.08 Å². The van der Waals surface area contributed by atoms with E-state index in [0.717, 1.165) is 0 Å². The summed E-state index contributed by atoms with van der Waals surface area (Å²) in [4.78, 5) is 3.18. The molecule has 0 rings (SSSR count). The number of aliphatic hydroxyl groups excluding tert-OH is 5. The van der Waals surface area contributed by atoms with E-state index in [0.29, 0.717) is 0 Å². The summed E-state index contributed by atoms with van der Waals surface area (Å²) in [6.45, 7) is 9.63. The predicted octanol–water partition coefficient (Wildman–Crippen LogP) is -0.600. The van der Waals surface area contributed by atoms with Gasteiger partial charge in [-0.2, -0.15) is 15.8 Å². The molecule has 0 aromatic rings. The lowest BCUT2D eigenvalue weighted by atomic mass is 9.92. The van der Waals surface area contributed by atoms with E-state index in [2.05, 4.69) is 11.4 Å². The SMILES string of the molecule is C=CC#N.OCC(CO)(CO)CO.[C-]#[N+]CCOCC(CO)(COCCC#N)COCCC#N. The summed E-state index contributed by atoms with van der Waals surface area (Å²) in [6.07, 6.45) is 1.73. The average Bonchev–Trinajstić information content (AvgIpc) is 2.89. The van der Waals surface area contributed by atoms with Gasteiger partial charge < -0.3 is 44.6 Å². The van der Waals surface area contributed by atoms with Crippen LogP contribution in [-0.2, 0) is 14.2 Å². The van der Waals surface area contributed by atoms with Crippen molar-refractivity contribution in [3.05, 3.63) is 24.1 Å². The lowest BCUT2D eigenvalue weighted by Crippen LogP contribution is -2.41. The minimum atomic E-state index is -1.11. The Morgan fingerprint density at radius 3 is 1.32 bits per heavy atom. The molecule has 0 radical (unpaired) electrons. The smallest absolute Gasteiger partial charge is 0.237 e. The first kappa shape index (κ1) is 36.0. The van der Waals surface area contributed by atoms with Crippen molar-refractivity contribution in [2.24, 2.45) is 10.8 Å². The van der Waals surface area contributed by atoms with Gasteiger partial charge in [-0.15, -0.1) is 0 Å². The number of rotatable bonds is 17. The average molecular weight is 485 g/mol. The Balaban J connectivity index is -0.000000607. The molecule has 0 bridgehead atoms. The summed E-state index contributed by atoms with van der Waals surface area (Å²) in [6, 6.07) is 5.64. The molecule has 0 atom stereocenters. The lowest BCUT2D eigenvalue weighted by molar-refractivity contribution is -0.0901. The first-order valence-electron chi connectivity index (χ1n) is 10.3. The number of nitrogens with zero attached hydrogens (tertiary/aromatic N) is 4. The molecule has 34 heavy (non-hydrogen) atoms. The fourth-order valence-electron chi connectivity index (χ4n) is 1.77. The van der Waals surface area contributed by atoms with Gasteiger partial charge in [0.2, 0.25) is 6.54 Å². The summed E-state index contributed by atoms with van der Waals surface area (Å²) in [5.41, 5.74) is -1.85. The maximum absolute atomic E-state index is 9.62. The lowest BCUT2D eigenvalue weighted by Gasteiger charge is -2.30. The fraction of sp³-hybridized carbons (Fsp3) is 0.727. The molecule has 0 aromatic heterocycles. The Bertz CT molecular complexity index is 573. The van der Waals surface area contributed by atoms with Crippen LogP contribution in [0.4, 0.5) is 0 Å². The van der Waals surface area contributed by atoms with Gasteiger partial charge in [0.05, 0.1) is 108 Å². The van der Waals surface area contributed by atoms with Crippen LogP contribution in [0.25, 0.3) is 4.85 Å². The van der Waals surface area contributed by atoms with Crippen LogP contribution in [0, 0.1) is 51.4 Å². The largest absolute Gasteiger partial charge is 0.396 e. The highest BCUT2D eigenvalue weighted by Crippen LogP contribution is 2.19. The monoisotopic (exact) mass is 484 g/mol. The van der Waals surface area contributed by atoms with E-state index in [-0.39, 0.29) is 65.6 Å². The highest BCUT2D eigenvalue weighted by atomic mass is 16.5. The molecule has 0 aliphatic heterocycles. The topological polar surface area (TPSA) is 205 Å². The number of ether oxygens (including phenoxy) is 3. The molecule has 0 saturated heterocycles. The Morgan fingerprint density at radius 2 is 1.09 bits per heavy atom. The summed E-state index contributed by atoms with van der Waals surface area (Å²) in [5, 5.41) is 68.0. The molecule has 0 heterocycles. The van der Waals surface area contributed by atoms with Crippen molar-refractivity contribution in [2.75, 3.05) is 79.2 Å². The second kappa shape index (κ2) is 26.6. The molecule has 0 saturated carbocycles. The zero-order chi connectivity index (χ0) is 26.6. The van der Waals surface area contributed by atoms with Gasteiger partial charge in [-0.25, -0.2) is 6.57 Å². The molecule has 0 aromatic carbocycles. The molecular formula is C22H36N4O8. The van der Waals surface area contributed by atoms with Gasteiger partial charge in [-0.1, -0.05) is 6.58 Å². The Labute approximate surface area is 201 Å². The molecule has 5 N–H and O–H groups in total.